The number of benzene rings is 1. The fraction of sp³-hybridized carbons (Fsp3) is 0.214. The molecule has 0 aliphatic rings. The highest BCUT2D eigenvalue weighted by atomic mass is 79.9. The van der Waals surface area contributed by atoms with Gasteiger partial charge in [-0.3, -0.25) is 4.98 Å². The van der Waals surface area contributed by atoms with Crippen LogP contribution in [0.25, 0.3) is 0 Å². The molecule has 19 heavy (non-hydrogen) atoms. The van der Waals surface area contributed by atoms with Crippen molar-refractivity contribution in [2.45, 2.75) is 17.4 Å². The van der Waals surface area contributed by atoms with Crippen molar-refractivity contribution in [2.24, 2.45) is 5.73 Å². The first kappa shape index (κ1) is 14.5. The Labute approximate surface area is 124 Å². The molecule has 0 aliphatic carbocycles. The SMILES string of the molecule is NC(CSc1ccccc1F)Cc1ccc(Br)cn1. The molecular formula is C14H14BrFN2S. The first-order valence-corrected chi connectivity index (χ1v) is 7.66. The molecule has 1 atom stereocenters. The molecule has 100 valence electrons. The largest absolute Gasteiger partial charge is 0.327 e. The van der Waals surface area contributed by atoms with E-state index in [9.17, 15) is 4.39 Å². The van der Waals surface area contributed by atoms with E-state index < -0.39 is 0 Å². The van der Waals surface area contributed by atoms with Crippen LogP contribution in [0.15, 0.2) is 52.0 Å². The Morgan fingerprint density at radius 2 is 2.05 bits per heavy atom. The Morgan fingerprint density at radius 3 is 2.74 bits per heavy atom. The molecule has 0 fully saturated rings. The van der Waals surface area contributed by atoms with E-state index in [0.717, 1.165) is 10.2 Å². The Bertz CT molecular complexity index is 533. The number of aromatic nitrogens is 1. The lowest BCUT2D eigenvalue weighted by atomic mass is 10.2. The van der Waals surface area contributed by atoms with Crippen molar-refractivity contribution in [2.75, 3.05) is 5.75 Å². The molecule has 0 aliphatic heterocycles. The van der Waals surface area contributed by atoms with E-state index in [0.29, 0.717) is 17.1 Å². The Kier molecular flexibility index (Phi) is 5.36. The minimum absolute atomic E-state index is 0.0433. The van der Waals surface area contributed by atoms with Crippen LogP contribution in [0.1, 0.15) is 5.69 Å². The standard InChI is InChI=1S/C14H14BrFN2S/c15-10-5-6-12(18-8-10)7-11(17)9-19-14-4-2-1-3-13(14)16/h1-6,8,11H,7,9,17H2. The van der Waals surface area contributed by atoms with E-state index in [1.165, 1.54) is 17.8 Å². The molecule has 0 spiro atoms. The van der Waals surface area contributed by atoms with Gasteiger partial charge in [0.15, 0.2) is 0 Å². The van der Waals surface area contributed by atoms with Gasteiger partial charge in [0, 0.05) is 39.5 Å². The van der Waals surface area contributed by atoms with Crippen LogP contribution in [0.2, 0.25) is 0 Å². The molecule has 2 aromatic rings. The van der Waals surface area contributed by atoms with Gasteiger partial charge in [-0.1, -0.05) is 12.1 Å². The van der Waals surface area contributed by atoms with Gasteiger partial charge < -0.3 is 5.73 Å². The summed E-state index contributed by atoms with van der Waals surface area (Å²) < 4.78 is 14.4. The summed E-state index contributed by atoms with van der Waals surface area (Å²) in [4.78, 5) is 4.92. The molecule has 0 radical (unpaired) electrons. The average Bonchev–Trinajstić information content (AvgIpc) is 2.40. The minimum Gasteiger partial charge on any atom is -0.327 e. The van der Waals surface area contributed by atoms with Crippen LogP contribution in [0.4, 0.5) is 4.39 Å². The summed E-state index contributed by atoms with van der Waals surface area (Å²) in [6.45, 7) is 0. The number of thioether (sulfide) groups is 1. The van der Waals surface area contributed by atoms with Crippen molar-refractivity contribution in [1.29, 1.82) is 0 Å². The number of hydrogen-bond donors (Lipinski definition) is 1. The highest BCUT2D eigenvalue weighted by molar-refractivity contribution is 9.10. The van der Waals surface area contributed by atoms with Crippen molar-refractivity contribution >= 4 is 27.7 Å². The molecule has 0 bridgehead atoms. The van der Waals surface area contributed by atoms with Crippen LogP contribution in [0.3, 0.4) is 0 Å². The van der Waals surface area contributed by atoms with E-state index in [1.54, 1.807) is 18.3 Å². The normalized spacial score (nSPS) is 12.4. The Morgan fingerprint density at radius 1 is 1.26 bits per heavy atom. The van der Waals surface area contributed by atoms with Crippen LogP contribution < -0.4 is 5.73 Å². The van der Waals surface area contributed by atoms with Gasteiger partial charge in [-0.2, -0.15) is 0 Å². The molecule has 1 aromatic heterocycles. The number of nitrogens with zero attached hydrogens (tertiary/aromatic N) is 1. The van der Waals surface area contributed by atoms with Gasteiger partial charge in [0.2, 0.25) is 0 Å². The van der Waals surface area contributed by atoms with Gasteiger partial charge in [0.1, 0.15) is 5.82 Å². The summed E-state index contributed by atoms with van der Waals surface area (Å²) in [5.74, 6) is 0.472. The lowest BCUT2D eigenvalue weighted by molar-refractivity contribution is 0.601. The number of rotatable bonds is 5. The van der Waals surface area contributed by atoms with E-state index in [-0.39, 0.29) is 11.9 Å². The van der Waals surface area contributed by atoms with Gasteiger partial charge in [-0.05, 0) is 40.2 Å². The molecule has 0 saturated carbocycles. The van der Waals surface area contributed by atoms with Gasteiger partial charge >= 0.3 is 0 Å². The fourth-order valence-corrected chi connectivity index (χ4v) is 2.74. The molecular weight excluding hydrogens is 327 g/mol. The third kappa shape index (κ3) is 4.60. The molecule has 5 heteroatoms. The van der Waals surface area contributed by atoms with Crippen molar-refractivity contribution in [1.82, 2.24) is 4.98 Å². The van der Waals surface area contributed by atoms with Gasteiger partial charge in [-0.15, -0.1) is 11.8 Å². The monoisotopic (exact) mass is 340 g/mol. The molecule has 1 unspecified atom stereocenters. The highest BCUT2D eigenvalue weighted by Gasteiger charge is 2.08. The topological polar surface area (TPSA) is 38.9 Å². The van der Waals surface area contributed by atoms with Crippen LogP contribution in [0, 0.1) is 5.82 Å². The Balaban J connectivity index is 1.86. The molecule has 0 saturated heterocycles. The highest BCUT2D eigenvalue weighted by Crippen LogP contribution is 2.22. The summed E-state index contributed by atoms with van der Waals surface area (Å²) >= 11 is 4.78. The third-order valence-electron chi connectivity index (χ3n) is 2.55. The second-order valence-corrected chi connectivity index (χ2v) is 6.15. The maximum Gasteiger partial charge on any atom is 0.136 e. The van der Waals surface area contributed by atoms with E-state index >= 15 is 0 Å². The second kappa shape index (κ2) is 7.03. The van der Waals surface area contributed by atoms with Crippen LogP contribution in [0.5, 0.6) is 0 Å². The van der Waals surface area contributed by atoms with Crippen LogP contribution in [-0.2, 0) is 6.42 Å². The summed E-state index contributed by atoms with van der Waals surface area (Å²) in [5, 5.41) is 0. The van der Waals surface area contributed by atoms with Gasteiger partial charge in [-0.25, -0.2) is 4.39 Å². The summed E-state index contributed by atoms with van der Waals surface area (Å²) in [6, 6.07) is 10.6. The van der Waals surface area contributed by atoms with Crippen LogP contribution in [-0.4, -0.2) is 16.8 Å². The minimum atomic E-state index is -0.193. The zero-order valence-electron chi connectivity index (χ0n) is 10.2. The molecule has 2 nitrogen and oxygen atoms in total. The third-order valence-corrected chi connectivity index (χ3v) is 4.26. The van der Waals surface area contributed by atoms with E-state index in [2.05, 4.69) is 20.9 Å². The number of halogens is 2. The first-order chi connectivity index (χ1) is 9.15. The van der Waals surface area contributed by atoms with E-state index in [1.807, 2.05) is 18.2 Å². The molecule has 2 rings (SSSR count). The summed E-state index contributed by atoms with van der Waals surface area (Å²) in [5.41, 5.74) is 7.00. The maximum absolute atomic E-state index is 13.4. The summed E-state index contributed by atoms with van der Waals surface area (Å²) in [6.07, 6.45) is 2.45. The molecule has 1 aromatic carbocycles. The smallest absolute Gasteiger partial charge is 0.136 e. The second-order valence-electron chi connectivity index (χ2n) is 4.17. The lowest BCUT2D eigenvalue weighted by Gasteiger charge is -2.11. The van der Waals surface area contributed by atoms with Crippen molar-refractivity contribution in [3.63, 3.8) is 0 Å². The predicted octanol–water partition coefficient (Wildman–Crippen LogP) is 3.65. The summed E-state index contributed by atoms with van der Waals surface area (Å²) in [7, 11) is 0. The zero-order chi connectivity index (χ0) is 13.7. The van der Waals surface area contributed by atoms with Crippen molar-refractivity contribution < 1.29 is 4.39 Å². The van der Waals surface area contributed by atoms with Crippen molar-refractivity contribution in [3.8, 4) is 0 Å². The Hall–Kier alpha value is -0.910. The number of pyridine rings is 1. The lowest BCUT2D eigenvalue weighted by Crippen LogP contribution is -2.26. The van der Waals surface area contributed by atoms with Gasteiger partial charge in [0.05, 0.1) is 0 Å². The molecule has 1 heterocycles. The first-order valence-electron chi connectivity index (χ1n) is 5.88. The quantitative estimate of drug-likeness (QED) is 0.844. The van der Waals surface area contributed by atoms with Crippen LogP contribution >= 0.6 is 27.7 Å². The van der Waals surface area contributed by atoms with Gasteiger partial charge in [0.25, 0.3) is 0 Å². The average molecular weight is 341 g/mol. The predicted molar refractivity (Wildman–Crippen MR) is 80.7 cm³/mol. The number of nitrogens with two attached hydrogens (primary N) is 1. The zero-order valence-corrected chi connectivity index (χ0v) is 12.6. The molecule has 2 N–H and O–H groups in total. The van der Waals surface area contributed by atoms with Crippen molar-refractivity contribution in [3.05, 3.63) is 58.6 Å². The van der Waals surface area contributed by atoms with E-state index in [4.69, 9.17) is 5.73 Å². The fourth-order valence-electron chi connectivity index (χ4n) is 1.61. The maximum atomic E-state index is 13.4. The number of hydrogen-bond acceptors (Lipinski definition) is 3. The molecule has 0 amide bonds.